The summed E-state index contributed by atoms with van der Waals surface area (Å²) in [5, 5.41) is 9.22. The van der Waals surface area contributed by atoms with E-state index in [1.807, 2.05) is 0 Å². The molecule has 19 heavy (non-hydrogen) atoms. The van der Waals surface area contributed by atoms with Gasteiger partial charge in [-0.3, -0.25) is 4.79 Å². The molecule has 0 saturated heterocycles. The Morgan fingerprint density at radius 1 is 1.32 bits per heavy atom. The van der Waals surface area contributed by atoms with E-state index in [2.05, 4.69) is 0 Å². The highest BCUT2D eigenvalue weighted by molar-refractivity contribution is 7.89. The van der Waals surface area contributed by atoms with Crippen LogP contribution in [0.15, 0.2) is 29.2 Å². The molecular formula is C12H18N2O4S. The number of aliphatic hydroxyl groups excluding tert-OH is 1. The highest BCUT2D eigenvalue weighted by Crippen LogP contribution is 2.22. The van der Waals surface area contributed by atoms with Crippen LogP contribution in [-0.2, 0) is 10.0 Å². The largest absolute Gasteiger partial charge is 0.394 e. The molecule has 1 aromatic rings. The summed E-state index contributed by atoms with van der Waals surface area (Å²) in [6.45, 7) is 2.92. The summed E-state index contributed by atoms with van der Waals surface area (Å²) in [6.07, 6.45) is 0. The van der Waals surface area contributed by atoms with E-state index in [1.165, 1.54) is 31.3 Å². The Kier molecular flexibility index (Phi) is 4.34. The van der Waals surface area contributed by atoms with Gasteiger partial charge in [0.2, 0.25) is 15.9 Å². The number of amides is 1. The molecule has 0 aliphatic rings. The lowest BCUT2D eigenvalue weighted by atomic mass is 10.1. The van der Waals surface area contributed by atoms with Crippen molar-refractivity contribution in [3.63, 3.8) is 0 Å². The number of nitrogens with two attached hydrogens (primary N) is 1. The van der Waals surface area contributed by atoms with Crippen molar-refractivity contribution in [1.82, 2.24) is 4.31 Å². The van der Waals surface area contributed by atoms with Gasteiger partial charge in [0, 0.05) is 12.6 Å². The zero-order valence-corrected chi connectivity index (χ0v) is 11.9. The molecular weight excluding hydrogens is 268 g/mol. The summed E-state index contributed by atoms with van der Waals surface area (Å²) in [4.78, 5) is 11.0. The average molecular weight is 286 g/mol. The first-order valence-electron chi connectivity index (χ1n) is 5.62. The van der Waals surface area contributed by atoms with Crippen molar-refractivity contribution in [2.45, 2.75) is 24.3 Å². The van der Waals surface area contributed by atoms with Crippen molar-refractivity contribution in [3.05, 3.63) is 29.8 Å². The van der Waals surface area contributed by atoms with Crippen LogP contribution in [0.3, 0.4) is 0 Å². The van der Waals surface area contributed by atoms with Gasteiger partial charge < -0.3 is 10.8 Å². The quantitative estimate of drug-likeness (QED) is 0.806. The summed E-state index contributed by atoms with van der Waals surface area (Å²) in [5.41, 5.74) is 4.42. The second-order valence-corrected chi connectivity index (χ2v) is 6.80. The van der Waals surface area contributed by atoms with Crippen LogP contribution in [0.5, 0.6) is 0 Å². The van der Waals surface area contributed by atoms with E-state index in [0.717, 1.165) is 4.31 Å². The van der Waals surface area contributed by atoms with Crippen LogP contribution in [0, 0.1) is 0 Å². The van der Waals surface area contributed by atoms with Crippen molar-refractivity contribution in [2.24, 2.45) is 5.73 Å². The van der Waals surface area contributed by atoms with E-state index in [-0.39, 0.29) is 17.1 Å². The molecule has 0 aliphatic heterocycles. The molecule has 0 aliphatic carbocycles. The lowest BCUT2D eigenvalue weighted by molar-refractivity contribution is 0.1000. The predicted molar refractivity (Wildman–Crippen MR) is 71.1 cm³/mol. The van der Waals surface area contributed by atoms with Gasteiger partial charge in [0.25, 0.3) is 0 Å². The van der Waals surface area contributed by atoms with Gasteiger partial charge in [-0.05, 0) is 38.1 Å². The minimum absolute atomic E-state index is 0.0431. The number of carbonyl (C=O) groups excluding carboxylic acids is 1. The Hall–Kier alpha value is -1.44. The first kappa shape index (κ1) is 15.6. The summed E-state index contributed by atoms with van der Waals surface area (Å²) < 4.78 is 25.7. The maximum atomic E-state index is 12.3. The number of aliphatic hydroxyl groups is 1. The van der Waals surface area contributed by atoms with Gasteiger partial charge in [-0.2, -0.15) is 4.31 Å². The van der Waals surface area contributed by atoms with Crippen molar-refractivity contribution in [1.29, 1.82) is 0 Å². The van der Waals surface area contributed by atoms with E-state index in [4.69, 9.17) is 5.73 Å². The highest BCUT2D eigenvalue weighted by atomic mass is 32.2. The standard InChI is InChI=1S/C12H18N2O4S/c1-12(2,8-15)14(3)19(17,18)10-6-4-9(5-7-10)11(13)16/h4-7,15H,8H2,1-3H3,(H2,13,16). The fourth-order valence-corrected chi connectivity index (χ4v) is 2.88. The molecule has 1 aromatic carbocycles. The van der Waals surface area contributed by atoms with Crippen LogP contribution < -0.4 is 5.73 Å². The maximum absolute atomic E-state index is 12.3. The zero-order chi connectivity index (χ0) is 14.8. The molecule has 0 heterocycles. The second kappa shape index (κ2) is 5.28. The van der Waals surface area contributed by atoms with E-state index >= 15 is 0 Å². The van der Waals surface area contributed by atoms with Crippen molar-refractivity contribution in [3.8, 4) is 0 Å². The normalized spacial score (nSPS) is 12.7. The van der Waals surface area contributed by atoms with Gasteiger partial charge in [0.05, 0.1) is 17.0 Å². The number of nitrogens with zero attached hydrogens (tertiary/aromatic N) is 1. The molecule has 0 atom stereocenters. The lowest BCUT2D eigenvalue weighted by Crippen LogP contribution is -2.47. The van der Waals surface area contributed by atoms with Gasteiger partial charge in [-0.15, -0.1) is 0 Å². The molecule has 1 rings (SSSR count). The number of carbonyl (C=O) groups is 1. The summed E-state index contributed by atoms with van der Waals surface area (Å²) in [7, 11) is -2.33. The van der Waals surface area contributed by atoms with Crippen LogP contribution in [0.25, 0.3) is 0 Å². The minimum atomic E-state index is -3.73. The SMILES string of the molecule is CN(C(C)(C)CO)S(=O)(=O)c1ccc(C(N)=O)cc1. The smallest absolute Gasteiger partial charge is 0.248 e. The molecule has 106 valence electrons. The Morgan fingerprint density at radius 2 is 1.79 bits per heavy atom. The van der Waals surface area contributed by atoms with Gasteiger partial charge in [-0.25, -0.2) is 8.42 Å². The Bertz CT molecular complexity index is 564. The predicted octanol–water partition coefficient (Wildman–Crippen LogP) is 0.177. The van der Waals surface area contributed by atoms with Crippen LogP contribution >= 0.6 is 0 Å². The van der Waals surface area contributed by atoms with Crippen LogP contribution in [0.1, 0.15) is 24.2 Å². The molecule has 0 spiro atoms. The summed E-state index contributed by atoms with van der Waals surface area (Å²) >= 11 is 0. The Labute approximate surface area is 112 Å². The highest BCUT2D eigenvalue weighted by Gasteiger charge is 2.33. The fourth-order valence-electron chi connectivity index (χ4n) is 1.37. The van der Waals surface area contributed by atoms with E-state index < -0.39 is 21.5 Å². The number of rotatable bonds is 5. The number of benzene rings is 1. The molecule has 7 heteroatoms. The van der Waals surface area contributed by atoms with Crippen molar-refractivity contribution in [2.75, 3.05) is 13.7 Å². The van der Waals surface area contributed by atoms with Crippen LogP contribution in [-0.4, -0.2) is 42.9 Å². The lowest BCUT2D eigenvalue weighted by Gasteiger charge is -2.32. The third kappa shape index (κ3) is 3.12. The van der Waals surface area contributed by atoms with E-state index in [0.29, 0.717) is 0 Å². The fraction of sp³-hybridized carbons (Fsp3) is 0.417. The molecule has 0 bridgehead atoms. The minimum Gasteiger partial charge on any atom is -0.394 e. The molecule has 3 N–H and O–H groups in total. The molecule has 0 unspecified atom stereocenters. The Morgan fingerprint density at radius 3 is 2.16 bits per heavy atom. The molecule has 0 aromatic heterocycles. The third-order valence-corrected chi connectivity index (χ3v) is 5.12. The average Bonchev–Trinajstić information content (AvgIpc) is 2.37. The summed E-state index contributed by atoms with van der Waals surface area (Å²) in [5.74, 6) is -0.618. The number of hydrogen-bond acceptors (Lipinski definition) is 4. The van der Waals surface area contributed by atoms with Gasteiger partial charge in [0.15, 0.2) is 0 Å². The Balaban J connectivity index is 3.17. The van der Waals surface area contributed by atoms with Crippen molar-refractivity contribution >= 4 is 15.9 Å². The second-order valence-electron chi connectivity index (χ2n) is 4.83. The molecule has 1 amide bonds. The van der Waals surface area contributed by atoms with Gasteiger partial charge in [0.1, 0.15) is 0 Å². The summed E-state index contributed by atoms with van der Waals surface area (Å²) in [6, 6.07) is 5.35. The maximum Gasteiger partial charge on any atom is 0.248 e. The van der Waals surface area contributed by atoms with Crippen LogP contribution in [0.4, 0.5) is 0 Å². The van der Waals surface area contributed by atoms with Gasteiger partial charge in [-0.1, -0.05) is 0 Å². The molecule has 0 saturated carbocycles. The van der Waals surface area contributed by atoms with E-state index in [1.54, 1.807) is 13.8 Å². The van der Waals surface area contributed by atoms with Crippen molar-refractivity contribution < 1.29 is 18.3 Å². The first-order chi connectivity index (χ1) is 8.63. The molecule has 6 nitrogen and oxygen atoms in total. The zero-order valence-electron chi connectivity index (χ0n) is 11.1. The van der Waals surface area contributed by atoms with E-state index in [9.17, 15) is 18.3 Å². The molecule has 0 radical (unpaired) electrons. The first-order valence-corrected chi connectivity index (χ1v) is 7.06. The number of likely N-dealkylation sites (N-methyl/N-ethyl adjacent to an activating group) is 1. The molecule has 0 fully saturated rings. The topological polar surface area (TPSA) is 101 Å². The third-order valence-electron chi connectivity index (χ3n) is 3.04. The van der Waals surface area contributed by atoms with Crippen LogP contribution in [0.2, 0.25) is 0 Å². The number of sulfonamides is 1. The number of primary amides is 1. The number of hydrogen-bond donors (Lipinski definition) is 2. The van der Waals surface area contributed by atoms with Gasteiger partial charge >= 0.3 is 0 Å². The monoisotopic (exact) mass is 286 g/mol.